The van der Waals surface area contributed by atoms with Gasteiger partial charge in [-0.1, -0.05) is 124 Å². The standard InChI is InChI=1S/C29H61N/c1-8-11-14-17-19-22-25-28(4,5)30(27-24-21-16-13-10-3)29(6,7)26-23-20-18-15-12-9-2/h8-27H2,1-7H3. The predicted molar refractivity (Wildman–Crippen MR) is 140 cm³/mol. The van der Waals surface area contributed by atoms with E-state index >= 15 is 0 Å². The SMILES string of the molecule is CCCCCCCCC(C)(C)N(CCCCCCC)C(C)(C)CCCCCCCC. The van der Waals surface area contributed by atoms with Gasteiger partial charge in [0.1, 0.15) is 0 Å². The number of hydrogen-bond donors (Lipinski definition) is 0. The minimum absolute atomic E-state index is 0.321. The Kier molecular flexibility index (Phi) is 18.5. The molecule has 0 aromatic carbocycles. The molecule has 0 radical (unpaired) electrons. The molecule has 0 rings (SSSR count). The van der Waals surface area contributed by atoms with Crippen LogP contribution in [0.25, 0.3) is 0 Å². The normalized spacial score (nSPS) is 12.8. The Hall–Kier alpha value is -0.0400. The summed E-state index contributed by atoms with van der Waals surface area (Å²) in [5, 5.41) is 0. The molecule has 0 fully saturated rings. The van der Waals surface area contributed by atoms with Crippen LogP contribution in [0.3, 0.4) is 0 Å². The Morgan fingerprint density at radius 2 is 0.700 bits per heavy atom. The van der Waals surface area contributed by atoms with Crippen molar-refractivity contribution in [3.8, 4) is 0 Å². The third-order valence-corrected chi connectivity index (χ3v) is 7.23. The Morgan fingerprint density at radius 3 is 1.07 bits per heavy atom. The highest BCUT2D eigenvalue weighted by Gasteiger charge is 2.36. The fourth-order valence-corrected chi connectivity index (χ4v) is 5.24. The second-order valence-electron chi connectivity index (χ2n) is 11.2. The highest BCUT2D eigenvalue weighted by atomic mass is 15.2. The Bertz CT molecular complexity index is 329. The summed E-state index contributed by atoms with van der Waals surface area (Å²) in [6.45, 7) is 18.4. The van der Waals surface area contributed by atoms with Crippen LogP contribution >= 0.6 is 0 Å². The van der Waals surface area contributed by atoms with Crippen molar-refractivity contribution >= 4 is 0 Å². The van der Waals surface area contributed by atoms with Crippen LogP contribution in [-0.2, 0) is 0 Å². The molecule has 0 aliphatic rings. The summed E-state index contributed by atoms with van der Waals surface area (Å²) in [6.07, 6.45) is 26.6. The molecule has 0 spiro atoms. The van der Waals surface area contributed by atoms with Crippen molar-refractivity contribution in [2.24, 2.45) is 0 Å². The van der Waals surface area contributed by atoms with Crippen molar-refractivity contribution in [1.82, 2.24) is 4.90 Å². The van der Waals surface area contributed by atoms with Gasteiger partial charge in [-0.2, -0.15) is 0 Å². The first-order valence-electron chi connectivity index (χ1n) is 14.1. The summed E-state index contributed by atoms with van der Waals surface area (Å²) in [6, 6.07) is 0. The molecule has 0 unspecified atom stereocenters. The van der Waals surface area contributed by atoms with E-state index in [4.69, 9.17) is 0 Å². The largest absolute Gasteiger partial charge is 0.293 e. The van der Waals surface area contributed by atoms with Crippen LogP contribution in [0.4, 0.5) is 0 Å². The molecule has 0 bridgehead atoms. The van der Waals surface area contributed by atoms with E-state index in [0.717, 1.165) is 0 Å². The lowest BCUT2D eigenvalue weighted by Gasteiger charge is -2.49. The average Bonchev–Trinajstić information content (AvgIpc) is 2.69. The maximum Gasteiger partial charge on any atom is 0.0158 e. The molecule has 0 N–H and O–H groups in total. The maximum absolute atomic E-state index is 2.92. The molecule has 0 aromatic rings. The number of nitrogens with zero attached hydrogens (tertiary/aromatic N) is 1. The van der Waals surface area contributed by atoms with Gasteiger partial charge in [-0.3, -0.25) is 4.90 Å². The second kappa shape index (κ2) is 18.5. The van der Waals surface area contributed by atoms with Gasteiger partial charge >= 0.3 is 0 Å². The monoisotopic (exact) mass is 423 g/mol. The van der Waals surface area contributed by atoms with Crippen molar-refractivity contribution in [3.05, 3.63) is 0 Å². The molecule has 0 amide bonds. The molecular weight excluding hydrogens is 362 g/mol. The third kappa shape index (κ3) is 14.9. The number of hydrogen-bond acceptors (Lipinski definition) is 1. The van der Waals surface area contributed by atoms with E-state index in [1.807, 2.05) is 0 Å². The summed E-state index contributed by atoms with van der Waals surface area (Å²) < 4.78 is 0. The fraction of sp³-hybridized carbons (Fsp3) is 1.00. The second-order valence-corrected chi connectivity index (χ2v) is 11.2. The van der Waals surface area contributed by atoms with E-state index in [0.29, 0.717) is 11.1 Å². The summed E-state index contributed by atoms with van der Waals surface area (Å²) in [7, 11) is 0. The highest BCUT2D eigenvalue weighted by molar-refractivity contribution is 4.92. The molecule has 0 saturated heterocycles. The molecule has 0 aliphatic heterocycles. The minimum Gasteiger partial charge on any atom is -0.293 e. The molecule has 182 valence electrons. The molecule has 0 heterocycles. The minimum atomic E-state index is 0.321. The highest BCUT2D eigenvalue weighted by Crippen LogP contribution is 2.34. The van der Waals surface area contributed by atoms with Crippen molar-refractivity contribution < 1.29 is 0 Å². The van der Waals surface area contributed by atoms with Crippen LogP contribution in [-0.4, -0.2) is 22.5 Å². The lowest BCUT2D eigenvalue weighted by Crippen LogP contribution is -2.55. The van der Waals surface area contributed by atoms with E-state index in [-0.39, 0.29) is 0 Å². The van der Waals surface area contributed by atoms with Gasteiger partial charge in [0.15, 0.2) is 0 Å². The quantitative estimate of drug-likeness (QED) is 0.156. The zero-order valence-electron chi connectivity index (χ0n) is 22.6. The summed E-state index contributed by atoms with van der Waals surface area (Å²) >= 11 is 0. The molecule has 0 aromatic heterocycles. The lowest BCUT2D eigenvalue weighted by atomic mass is 9.85. The van der Waals surface area contributed by atoms with Gasteiger partial charge in [0.25, 0.3) is 0 Å². The van der Waals surface area contributed by atoms with Crippen LogP contribution in [0, 0.1) is 0 Å². The summed E-state index contributed by atoms with van der Waals surface area (Å²) in [4.78, 5) is 2.92. The number of rotatable bonds is 22. The van der Waals surface area contributed by atoms with Crippen LogP contribution < -0.4 is 0 Å². The molecule has 0 atom stereocenters. The maximum atomic E-state index is 2.92. The smallest absolute Gasteiger partial charge is 0.0158 e. The van der Waals surface area contributed by atoms with Gasteiger partial charge < -0.3 is 0 Å². The molecule has 0 saturated carbocycles. The zero-order chi connectivity index (χ0) is 22.7. The first-order valence-corrected chi connectivity index (χ1v) is 14.1. The topological polar surface area (TPSA) is 3.24 Å². The Morgan fingerprint density at radius 1 is 0.400 bits per heavy atom. The van der Waals surface area contributed by atoms with E-state index in [9.17, 15) is 0 Å². The van der Waals surface area contributed by atoms with Gasteiger partial charge in [0, 0.05) is 11.1 Å². The van der Waals surface area contributed by atoms with E-state index in [1.54, 1.807) is 0 Å². The van der Waals surface area contributed by atoms with Gasteiger partial charge in [-0.25, -0.2) is 0 Å². The summed E-state index contributed by atoms with van der Waals surface area (Å²) in [5.74, 6) is 0. The van der Waals surface area contributed by atoms with Gasteiger partial charge in [-0.15, -0.1) is 0 Å². The predicted octanol–water partition coefficient (Wildman–Crippen LogP) is 10.3. The first kappa shape index (κ1) is 30.0. The van der Waals surface area contributed by atoms with Crippen molar-refractivity contribution in [2.45, 2.75) is 182 Å². The van der Waals surface area contributed by atoms with E-state index in [2.05, 4.69) is 53.4 Å². The van der Waals surface area contributed by atoms with Gasteiger partial charge in [0.05, 0.1) is 0 Å². The molecule has 1 heteroatoms. The van der Waals surface area contributed by atoms with Crippen LogP contribution in [0.15, 0.2) is 0 Å². The van der Waals surface area contributed by atoms with Crippen molar-refractivity contribution in [1.29, 1.82) is 0 Å². The Balaban J connectivity index is 4.70. The van der Waals surface area contributed by atoms with Crippen LogP contribution in [0.2, 0.25) is 0 Å². The molecule has 30 heavy (non-hydrogen) atoms. The molecular formula is C29H61N. The van der Waals surface area contributed by atoms with Crippen LogP contribution in [0.5, 0.6) is 0 Å². The number of unbranched alkanes of at least 4 members (excludes halogenated alkanes) is 14. The lowest BCUT2D eigenvalue weighted by molar-refractivity contribution is 0.00152. The van der Waals surface area contributed by atoms with Crippen molar-refractivity contribution in [3.63, 3.8) is 0 Å². The van der Waals surface area contributed by atoms with E-state index in [1.165, 1.54) is 129 Å². The zero-order valence-corrected chi connectivity index (χ0v) is 22.6. The van der Waals surface area contributed by atoms with E-state index < -0.39 is 0 Å². The Labute approximate surface area is 193 Å². The fourth-order valence-electron chi connectivity index (χ4n) is 5.24. The van der Waals surface area contributed by atoms with Gasteiger partial charge in [-0.05, 0) is 53.5 Å². The molecule has 1 nitrogen and oxygen atoms in total. The third-order valence-electron chi connectivity index (χ3n) is 7.23. The summed E-state index contributed by atoms with van der Waals surface area (Å²) in [5.41, 5.74) is 0.641. The first-order chi connectivity index (χ1) is 14.3. The van der Waals surface area contributed by atoms with Crippen LogP contribution in [0.1, 0.15) is 170 Å². The van der Waals surface area contributed by atoms with Crippen molar-refractivity contribution in [2.75, 3.05) is 6.54 Å². The average molecular weight is 424 g/mol. The molecule has 0 aliphatic carbocycles. The van der Waals surface area contributed by atoms with Gasteiger partial charge in [0.2, 0.25) is 0 Å².